The fourth-order valence-corrected chi connectivity index (χ4v) is 3.87. The summed E-state index contributed by atoms with van der Waals surface area (Å²) >= 11 is 1.45. The molecule has 2 aliphatic rings. The number of piperazine rings is 1. The Balaban J connectivity index is 1.36. The maximum absolute atomic E-state index is 12.3. The molecule has 8 heteroatoms. The number of thiophene rings is 1. The lowest BCUT2D eigenvalue weighted by Crippen LogP contribution is -2.51. The normalized spacial score (nSPS) is 18.4. The van der Waals surface area contributed by atoms with Crippen LogP contribution in [0.2, 0.25) is 0 Å². The van der Waals surface area contributed by atoms with Crippen molar-refractivity contribution >= 4 is 29.1 Å². The third-order valence-electron chi connectivity index (χ3n) is 4.65. The number of carbonyl (C=O) groups is 3. The third kappa shape index (κ3) is 4.79. The molecule has 7 nitrogen and oxygen atoms in total. The molecule has 2 fully saturated rings. The Morgan fingerprint density at radius 3 is 2.36 bits per heavy atom. The van der Waals surface area contributed by atoms with Crippen molar-refractivity contribution in [3.8, 4) is 0 Å². The van der Waals surface area contributed by atoms with E-state index in [0.717, 1.165) is 30.8 Å². The molecule has 2 saturated heterocycles. The van der Waals surface area contributed by atoms with Gasteiger partial charge in [0.1, 0.15) is 0 Å². The van der Waals surface area contributed by atoms with Crippen LogP contribution in [0.25, 0.3) is 0 Å². The van der Waals surface area contributed by atoms with E-state index in [-0.39, 0.29) is 30.8 Å². The zero-order valence-electron chi connectivity index (χ0n) is 14.3. The van der Waals surface area contributed by atoms with Crippen LogP contribution in [-0.4, -0.2) is 84.8 Å². The molecule has 1 aromatic rings. The van der Waals surface area contributed by atoms with Crippen molar-refractivity contribution in [2.75, 3.05) is 52.4 Å². The first-order valence-corrected chi connectivity index (χ1v) is 9.61. The number of carbonyl (C=O) groups excluding carboxylic acids is 3. The monoisotopic (exact) mass is 364 g/mol. The molecule has 0 bridgehead atoms. The largest absolute Gasteiger partial charge is 0.346 e. The second-order valence-electron chi connectivity index (χ2n) is 6.41. The van der Waals surface area contributed by atoms with Gasteiger partial charge >= 0.3 is 0 Å². The molecule has 0 aromatic carbocycles. The van der Waals surface area contributed by atoms with Gasteiger partial charge in [-0.3, -0.25) is 19.3 Å². The van der Waals surface area contributed by atoms with E-state index in [1.165, 1.54) is 11.3 Å². The lowest BCUT2D eigenvalue weighted by molar-refractivity contribution is -0.132. The van der Waals surface area contributed by atoms with Crippen LogP contribution in [0.3, 0.4) is 0 Å². The summed E-state index contributed by atoms with van der Waals surface area (Å²) in [6, 6.07) is 3.71. The summed E-state index contributed by atoms with van der Waals surface area (Å²) < 4.78 is 0. The van der Waals surface area contributed by atoms with E-state index < -0.39 is 0 Å². The smallest absolute Gasteiger partial charge is 0.264 e. The minimum absolute atomic E-state index is 0.00258. The van der Waals surface area contributed by atoms with E-state index in [1.807, 2.05) is 27.3 Å². The van der Waals surface area contributed by atoms with Gasteiger partial charge < -0.3 is 15.1 Å². The van der Waals surface area contributed by atoms with E-state index in [9.17, 15) is 14.4 Å². The first-order chi connectivity index (χ1) is 12.1. The average molecular weight is 364 g/mol. The molecule has 3 heterocycles. The van der Waals surface area contributed by atoms with Crippen molar-refractivity contribution in [2.45, 2.75) is 12.8 Å². The van der Waals surface area contributed by atoms with Gasteiger partial charge in [-0.05, 0) is 24.3 Å². The van der Waals surface area contributed by atoms with Gasteiger partial charge in [0.25, 0.3) is 5.91 Å². The fourth-order valence-electron chi connectivity index (χ4n) is 3.18. The number of amides is 3. The summed E-state index contributed by atoms with van der Waals surface area (Å²) in [5.41, 5.74) is 0. The van der Waals surface area contributed by atoms with Crippen LogP contribution >= 0.6 is 11.3 Å². The third-order valence-corrected chi connectivity index (χ3v) is 5.51. The predicted molar refractivity (Wildman–Crippen MR) is 95.5 cm³/mol. The summed E-state index contributed by atoms with van der Waals surface area (Å²) in [7, 11) is 0. The fraction of sp³-hybridized carbons (Fsp3) is 0.588. The molecule has 2 aliphatic heterocycles. The van der Waals surface area contributed by atoms with Gasteiger partial charge in [0.2, 0.25) is 11.8 Å². The second-order valence-corrected chi connectivity index (χ2v) is 7.36. The first-order valence-electron chi connectivity index (χ1n) is 8.73. The molecule has 3 amide bonds. The van der Waals surface area contributed by atoms with E-state index >= 15 is 0 Å². The zero-order chi connectivity index (χ0) is 17.6. The minimum atomic E-state index is -0.134. The molecule has 1 N–H and O–H groups in total. The standard InChI is InChI=1S/C17H24N4O3S/c22-15(18-12-16(23)20-5-1-2-6-20)13-19-7-9-21(10-8-19)17(24)14-4-3-11-25-14/h3-4,11H,1-2,5-10,12-13H2,(H,18,22). The van der Waals surface area contributed by atoms with Crippen LogP contribution in [-0.2, 0) is 9.59 Å². The summed E-state index contributed by atoms with van der Waals surface area (Å²) in [5, 5.41) is 4.61. The van der Waals surface area contributed by atoms with Crippen LogP contribution in [0.5, 0.6) is 0 Å². The molecular formula is C17H24N4O3S. The summed E-state index contributed by atoms with van der Waals surface area (Å²) in [6.07, 6.45) is 2.10. The highest BCUT2D eigenvalue weighted by Crippen LogP contribution is 2.13. The predicted octanol–water partition coefficient (Wildman–Crippen LogP) is 0.245. The molecule has 25 heavy (non-hydrogen) atoms. The van der Waals surface area contributed by atoms with Gasteiger partial charge in [-0.15, -0.1) is 11.3 Å². The quantitative estimate of drug-likeness (QED) is 0.813. The van der Waals surface area contributed by atoms with E-state index in [4.69, 9.17) is 0 Å². The molecular weight excluding hydrogens is 340 g/mol. The van der Waals surface area contributed by atoms with Gasteiger partial charge in [-0.1, -0.05) is 6.07 Å². The Bertz CT molecular complexity index is 605. The van der Waals surface area contributed by atoms with Crippen molar-refractivity contribution in [3.63, 3.8) is 0 Å². The average Bonchev–Trinajstić information content (AvgIpc) is 3.33. The summed E-state index contributed by atoms with van der Waals surface area (Å²) in [5.74, 6) is -0.0712. The Morgan fingerprint density at radius 1 is 1.00 bits per heavy atom. The van der Waals surface area contributed by atoms with Gasteiger partial charge in [0, 0.05) is 39.3 Å². The van der Waals surface area contributed by atoms with Crippen molar-refractivity contribution in [3.05, 3.63) is 22.4 Å². The second kappa shape index (κ2) is 8.44. The van der Waals surface area contributed by atoms with Crippen LogP contribution in [0.15, 0.2) is 17.5 Å². The van der Waals surface area contributed by atoms with Crippen LogP contribution in [0, 0.1) is 0 Å². The Morgan fingerprint density at radius 2 is 1.72 bits per heavy atom. The molecule has 1 aromatic heterocycles. The first kappa shape index (κ1) is 17.9. The Labute approximate surface area is 151 Å². The molecule has 0 spiro atoms. The molecule has 3 rings (SSSR count). The number of hydrogen-bond acceptors (Lipinski definition) is 5. The highest BCUT2D eigenvalue weighted by atomic mass is 32.1. The van der Waals surface area contributed by atoms with Gasteiger partial charge in [-0.2, -0.15) is 0 Å². The Hall–Kier alpha value is -1.93. The summed E-state index contributed by atoms with van der Waals surface area (Å²) in [4.78, 5) is 42.7. The molecule has 0 aliphatic carbocycles. The van der Waals surface area contributed by atoms with Crippen molar-refractivity contribution in [1.82, 2.24) is 20.0 Å². The topological polar surface area (TPSA) is 73.0 Å². The lowest BCUT2D eigenvalue weighted by atomic mass is 10.3. The summed E-state index contributed by atoms with van der Waals surface area (Å²) in [6.45, 7) is 4.54. The number of nitrogens with one attached hydrogen (secondary N) is 1. The highest BCUT2D eigenvalue weighted by molar-refractivity contribution is 7.12. The van der Waals surface area contributed by atoms with Crippen molar-refractivity contribution in [2.24, 2.45) is 0 Å². The number of rotatable bonds is 5. The van der Waals surface area contributed by atoms with E-state index in [2.05, 4.69) is 5.32 Å². The maximum Gasteiger partial charge on any atom is 0.264 e. The zero-order valence-corrected chi connectivity index (χ0v) is 15.1. The van der Waals surface area contributed by atoms with Gasteiger partial charge in [-0.25, -0.2) is 0 Å². The van der Waals surface area contributed by atoms with Gasteiger partial charge in [0.05, 0.1) is 18.0 Å². The molecule has 0 atom stereocenters. The molecule has 0 unspecified atom stereocenters. The van der Waals surface area contributed by atoms with Crippen LogP contribution < -0.4 is 5.32 Å². The number of nitrogens with zero attached hydrogens (tertiary/aromatic N) is 3. The molecule has 136 valence electrons. The Kier molecular flexibility index (Phi) is 6.04. The minimum Gasteiger partial charge on any atom is -0.346 e. The maximum atomic E-state index is 12.3. The number of likely N-dealkylation sites (tertiary alicyclic amines) is 1. The highest BCUT2D eigenvalue weighted by Gasteiger charge is 2.24. The molecule has 0 saturated carbocycles. The van der Waals surface area contributed by atoms with Crippen molar-refractivity contribution in [1.29, 1.82) is 0 Å². The van der Waals surface area contributed by atoms with E-state index in [0.29, 0.717) is 26.2 Å². The molecule has 0 radical (unpaired) electrons. The lowest BCUT2D eigenvalue weighted by Gasteiger charge is -2.34. The number of hydrogen-bond donors (Lipinski definition) is 1. The van der Waals surface area contributed by atoms with E-state index in [1.54, 1.807) is 4.90 Å². The van der Waals surface area contributed by atoms with Crippen molar-refractivity contribution < 1.29 is 14.4 Å². The SMILES string of the molecule is O=C(CN1CCN(C(=O)c2cccs2)CC1)NCC(=O)N1CCCC1. The van der Waals surface area contributed by atoms with Gasteiger partial charge in [0.15, 0.2) is 0 Å². The van der Waals surface area contributed by atoms with Crippen LogP contribution in [0.4, 0.5) is 0 Å². The van der Waals surface area contributed by atoms with Crippen LogP contribution in [0.1, 0.15) is 22.5 Å².